The van der Waals surface area contributed by atoms with Crippen LogP contribution in [0.25, 0.3) is 0 Å². The van der Waals surface area contributed by atoms with E-state index in [0.717, 1.165) is 38.5 Å². The van der Waals surface area contributed by atoms with Crippen molar-refractivity contribution in [1.82, 2.24) is 15.1 Å². The van der Waals surface area contributed by atoms with Crippen LogP contribution in [0.3, 0.4) is 0 Å². The first kappa shape index (κ1) is 14.3. The highest BCUT2D eigenvalue weighted by molar-refractivity contribution is 5.50. The lowest BCUT2D eigenvalue weighted by molar-refractivity contribution is 0.122. The van der Waals surface area contributed by atoms with Gasteiger partial charge in [0.25, 0.3) is 0 Å². The minimum absolute atomic E-state index is 0.330. The molecular weight excluding hydrogens is 244 g/mol. The number of aliphatic hydroxyl groups excluding tert-OH is 1. The maximum atomic E-state index is 9.31. The Kier molecular flexibility index (Phi) is 4.79. The summed E-state index contributed by atoms with van der Waals surface area (Å²) in [4.78, 5) is 2.32. The molecule has 0 amide bonds. The van der Waals surface area contributed by atoms with Crippen LogP contribution in [0.4, 0.5) is 5.82 Å². The lowest BCUT2D eigenvalue weighted by Gasteiger charge is -2.29. The summed E-state index contributed by atoms with van der Waals surface area (Å²) >= 11 is 0. The maximum absolute atomic E-state index is 9.31. The minimum atomic E-state index is -0.330. The van der Waals surface area contributed by atoms with E-state index < -0.39 is 0 Å². The number of morpholine rings is 1. The Morgan fingerprint density at radius 3 is 2.74 bits per heavy atom. The zero-order valence-corrected chi connectivity index (χ0v) is 12.0. The SMILES string of the molecule is Cc1nn(C)c(N2CCOCC2)c1CNC[C@H](C)O. The second-order valence-corrected chi connectivity index (χ2v) is 5.09. The number of aliphatic hydroxyl groups is 1. The highest BCUT2D eigenvalue weighted by atomic mass is 16.5. The fourth-order valence-corrected chi connectivity index (χ4v) is 2.47. The van der Waals surface area contributed by atoms with Crippen LogP contribution in [-0.2, 0) is 18.3 Å². The molecule has 0 saturated carbocycles. The molecule has 0 spiro atoms. The van der Waals surface area contributed by atoms with Gasteiger partial charge in [0, 0.05) is 38.8 Å². The Balaban J connectivity index is 2.11. The lowest BCUT2D eigenvalue weighted by atomic mass is 10.2. The molecule has 2 N–H and O–H groups in total. The highest BCUT2D eigenvalue weighted by Gasteiger charge is 2.20. The second-order valence-electron chi connectivity index (χ2n) is 5.09. The summed E-state index contributed by atoms with van der Waals surface area (Å²) in [6.07, 6.45) is -0.330. The van der Waals surface area contributed by atoms with Crippen LogP contribution in [0.2, 0.25) is 0 Å². The number of aryl methyl sites for hydroxylation is 2. The van der Waals surface area contributed by atoms with Crippen molar-refractivity contribution in [2.75, 3.05) is 37.7 Å². The minimum Gasteiger partial charge on any atom is -0.392 e. The van der Waals surface area contributed by atoms with Gasteiger partial charge in [-0.15, -0.1) is 0 Å². The number of rotatable bonds is 5. The molecule has 108 valence electrons. The van der Waals surface area contributed by atoms with E-state index in [-0.39, 0.29) is 6.10 Å². The van der Waals surface area contributed by atoms with Crippen molar-refractivity contribution in [2.45, 2.75) is 26.5 Å². The quantitative estimate of drug-likeness (QED) is 0.789. The molecule has 19 heavy (non-hydrogen) atoms. The Hall–Kier alpha value is -1.11. The molecule has 0 bridgehead atoms. The number of ether oxygens (including phenoxy) is 1. The van der Waals surface area contributed by atoms with Gasteiger partial charge in [-0.1, -0.05) is 0 Å². The third-order valence-corrected chi connectivity index (χ3v) is 3.37. The average molecular weight is 268 g/mol. The summed E-state index contributed by atoms with van der Waals surface area (Å²) in [5.74, 6) is 1.17. The third-order valence-electron chi connectivity index (χ3n) is 3.37. The molecule has 1 aliphatic heterocycles. The van der Waals surface area contributed by atoms with E-state index in [2.05, 4.69) is 15.3 Å². The van der Waals surface area contributed by atoms with Gasteiger partial charge in [0.05, 0.1) is 25.0 Å². The van der Waals surface area contributed by atoms with Gasteiger partial charge in [-0.3, -0.25) is 4.68 Å². The molecule has 1 fully saturated rings. The van der Waals surface area contributed by atoms with Gasteiger partial charge in [0.15, 0.2) is 0 Å². The number of nitrogens with one attached hydrogen (secondary N) is 1. The van der Waals surface area contributed by atoms with E-state index >= 15 is 0 Å². The molecule has 0 aliphatic carbocycles. The number of hydrogen-bond acceptors (Lipinski definition) is 5. The first-order valence-corrected chi connectivity index (χ1v) is 6.83. The summed E-state index contributed by atoms with van der Waals surface area (Å²) in [6.45, 7) is 8.49. The fourth-order valence-electron chi connectivity index (χ4n) is 2.47. The molecule has 1 aromatic rings. The van der Waals surface area contributed by atoms with Crippen LogP contribution >= 0.6 is 0 Å². The molecule has 6 nitrogen and oxygen atoms in total. The summed E-state index contributed by atoms with van der Waals surface area (Å²) in [5, 5.41) is 17.1. The first-order valence-electron chi connectivity index (χ1n) is 6.83. The monoisotopic (exact) mass is 268 g/mol. The van der Waals surface area contributed by atoms with Gasteiger partial charge >= 0.3 is 0 Å². The Morgan fingerprint density at radius 1 is 1.42 bits per heavy atom. The van der Waals surface area contributed by atoms with Gasteiger partial charge in [-0.2, -0.15) is 5.10 Å². The first-order chi connectivity index (χ1) is 9.09. The standard InChI is InChI=1S/C13H24N4O2/c1-10(18)8-14-9-12-11(2)15-16(3)13(12)17-4-6-19-7-5-17/h10,14,18H,4-9H2,1-3H3/t10-/m0/s1. The van der Waals surface area contributed by atoms with E-state index in [1.807, 2.05) is 18.7 Å². The Morgan fingerprint density at radius 2 is 2.11 bits per heavy atom. The van der Waals surface area contributed by atoms with Crippen LogP contribution in [0.5, 0.6) is 0 Å². The number of nitrogens with zero attached hydrogens (tertiary/aromatic N) is 3. The van der Waals surface area contributed by atoms with Crippen molar-refractivity contribution in [3.63, 3.8) is 0 Å². The van der Waals surface area contributed by atoms with Crippen LogP contribution < -0.4 is 10.2 Å². The molecule has 2 heterocycles. The number of hydrogen-bond donors (Lipinski definition) is 2. The van der Waals surface area contributed by atoms with Gasteiger partial charge in [0.2, 0.25) is 0 Å². The van der Waals surface area contributed by atoms with Crippen LogP contribution in [0.15, 0.2) is 0 Å². The van der Waals surface area contributed by atoms with Crippen molar-refractivity contribution in [3.05, 3.63) is 11.3 Å². The van der Waals surface area contributed by atoms with Crippen molar-refractivity contribution in [3.8, 4) is 0 Å². The van der Waals surface area contributed by atoms with Crippen LogP contribution in [0, 0.1) is 6.92 Å². The predicted octanol–water partition coefficient (Wildman–Crippen LogP) is 0.0355. The van der Waals surface area contributed by atoms with Gasteiger partial charge in [-0.05, 0) is 13.8 Å². The van der Waals surface area contributed by atoms with Crippen LogP contribution in [0.1, 0.15) is 18.2 Å². The molecule has 1 saturated heterocycles. The molecule has 1 aliphatic rings. The molecular formula is C13H24N4O2. The van der Waals surface area contributed by atoms with Crippen molar-refractivity contribution < 1.29 is 9.84 Å². The fraction of sp³-hybridized carbons (Fsp3) is 0.769. The molecule has 0 unspecified atom stereocenters. The second kappa shape index (κ2) is 6.36. The maximum Gasteiger partial charge on any atom is 0.131 e. The molecule has 0 aromatic carbocycles. The average Bonchev–Trinajstić information content (AvgIpc) is 2.65. The summed E-state index contributed by atoms with van der Waals surface area (Å²) in [6, 6.07) is 0. The summed E-state index contributed by atoms with van der Waals surface area (Å²) < 4.78 is 7.34. The van der Waals surface area contributed by atoms with Crippen molar-refractivity contribution in [1.29, 1.82) is 0 Å². The van der Waals surface area contributed by atoms with Gasteiger partial charge < -0.3 is 20.1 Å². The predicted molar refractivity (Wildman–Crippen MR) is 74.4 cm³/mol. The normalized spacial score (nSPS) is 17.8. The zero-order chi connectivity index (χ0) is 13.8. The summed E-state index contributed by atoms with van der Waals surface area (Å²) in [5.41, 5.74) is 2.26. The third kappa shape index (κ3) is 3.46. The molecule has 2 rings (SSSR count). The van der Waals surface area contributed by atoms with E-state index in [0.29, 0.717) is 6.54 Å². The number of aromatic nitrogens is 2. The molecule has 1 aromatic heterocycles. The van der Waals surface area contributed by atoms with Gasteiger partial charge in [0.1, 0.15) is 5.82 Å². The Bertz CT molecular complexity index is 411. The number of anilines is 1. The molecule has 1 atom stereocenters. The van der Waals surface area contributed by atoms with Crippen LogP contribution in [-0.4, -0.2) is 53.8 Å². The summed E-state index contributed by atoms with van der Waals surface area (Å²) in [7, 11) is 1.98. The van der Waals surface area contributed by atoms with E-state index in [9.17, 15) is 5.11 Å². The van der Waals surface area contributed by atoms with Crippen molar-refractivity contribution >= 4 is 5.82 Å². The molecule has 6 heteroatoms. The largest absolute Gasteiger partial charge is 0.392 e. The smallest absolute Gasteiger partial charge is 0.131 e. The lowest BCUT2D eigenvalue weighted by Crippen LogP contribution is -2.38. The highest BCUT2D eigenvalue weighted by Crippen LogP contribution is 2.23. The molecule has 0 radical (unpaired) electrons. The van der Waals surface area contributed by atoms with Gasteiger partial charge in [-0.25, -0.2) is 0 Å². The Labute approximate surface area is 114 Å². The van der Waals surface area contributed by atoms with E-state index in [4.69, 9.17) is 4.74 Å². The van der Waals surface area contributed by atoms with Crippen molar-refractivity contribution in [2.24, 2.45) is 7.05 Å². The topological polar surface area (TPSA) is 62.5 Å². The zero-order valence-electron chi connectivity index (χ0n) is 12.0. The van der Waals surface area contributed by atoms with E-state index in [1.165, 1.54) is 11.4 Å². The van der Waals surface area contributed by atoms with E-state index in [1.54, 1.807) is 6.92 Å².